The van der Waals surface area contributed by atoms with Gasteiger partial charge in [-0.3, -0.25) is 9.40 Å². The topological polar surface area (TPSA) is 114 Å². The van der Waals surface area contributed by atoms with E-state index in [1.165, 1.54) is 18.3 Å². The van der Waals surface area contributed by atoms with Gasteiger partial charge in [0, 0.05) is 24.0 Å². The van der Waals surface area contributed by atoms with Gasteiger partial charge in [-0.2, -0.15) is 5.10 Å². The van der Waals surface area contributed by atoms with Gasteiger partial charge < -0.3 is 4.98 Å². The third-order valence-electron chi connectivity index (χ3n) is 3.27. The van der Waals surface area contributed by atoms with E-state index in [0.29, 0.717) is 20.9 Å². The van der Waals surface area contributed by atoms with Crippen LogP contribution in [0.3, 0.4) is 0 Å². The Bertz CT molecular complexity index is 1170. The summed E-state index contributed by atoms with van der Waals surface area (Å²) in [6.45, 7) is 0. The predicted molar refractivity (Wildman–Crippen MR) is 96.2 cm³/mol. The molecule has 2 aromatic heterocycles. The van der Waals surface area contributed by atoms with Crippen LogP contribution in [-0.4, -0.2) is 37.9 Å². The second-order valence-corrected chi connectivity index (χ2v) is 9.96. The first kappa shape index (κ1) is 18.1. The Kier molecular flexibility index (Phi) is 4.48. The van der Waals surface area contributed by atoms with Gasteiger partial charge in [-0.15, -0.1) is 0 Å². The Morgan fingerprint density at radius 3 is 2.60 bits per heavy atom. The van der Waals surface area contributed by atoms with Crippen molar-refractivity contribution in [1.82, 2.24) is 14.8 Å². The Balaban J connectivity index is 1.96. The molecule has 0 radical (unpaired) electrons. The van der Waals surface area contributed by atoms with Crippen LogP contribution in [0, 0.1) is 0 Å². The molecule has 0 aliphatic rings. The highest BCUT2D eigenvalue weighted by molar-refractivity contribution is 7.92. The molecule has 3 rings (SSSR count). The first-order chi connectivity index (χ1) is 11.6. The van der Waals surface area contributed by atoms with Crippen molar-refractivity contribution < 1.29 is 16.8 Å². The molecule has 0 fully saturated rings. The van der Waals surface area contributed by atoms with Crippen molar-refractivity contribution in [3.05, 3.63) is 40.8 Å². The number of hydrogen-bond acceptors (Lipinski definition) is 5. The number of nitrogens with one attached hydrogen (secondary N) is 2. The molecule has 0 aliphatic heterocycles. The average molecular weight is 423 g/mol. The van der Waals surface area contributed by atoms with Crippen LogP contribution in [0.2, 0.25) is 10.0 Å². The number of aromatic nitrogens is 3. The Hall–Kier alpha value is -1.75. The number of hydrogen-bond donors (Lipinski definition) is 2. The number of fused-ring (bicyclic) bond motifs is 1. The van der Waals surface area contributed by atoms with Crippen molar-refractivity contribution >= 4 is 59.7 Å². The second-order valence-electron chi connectivity index (χ2n) is 5.36. The summed E-state index contributed by atoms with van der Waals surface area (Å²) in [7, 11) is -7.33. The van der Waals surface area contributed by atoms with Crippen LogP contribution >= 0.6 is 23.2 Å². The third kappa shape index (κ3) is 3.76. The van der Waals surface area contributed by atoms with Gasteiger partial charge in [0.25, 0.3) is 10.0 Å². The van der Waals surface area contributed by atoms with Gasteiger partial charge in [-0.1, -0.05) is 23.2 Å². The molecule has 0 aliphatic carbocycles. The molecule has 0 saturated heterocycles. The Morgan fingerprint density at radius 1 is 1.20 bits per heavy atom. The molecule has 0 spiro atoms. The molecule has 0 unspecified atom stereocenters. The number of anilines is 1. The summed E-state index contributed by atoms with van der Waals surface area (Å²) in [4.78, 5) is 2.69. The SMILES string of the molecule is CS(=O)(=O)Cn1cc(S(=O)(=O)Nc2ccc(Cl)c3c(Cl)c[nH]c23)cn1. The summed E-state index contributed by atoms with van der Waals surface area (Å²) < 4.78 is 51.0. The second kappa shape index (κ2) is 6.20. The van der Waals surface area contributed by atoms with E-state index >= 15 is 0 Å². The fraction of sp³-hybridized carbons (Fsp3) is 0.154. The molecule has 0 bridgehead atoms. The van der Waals surface area contributed by atoms with E-state index < -0.39 is 25.7 Å². The fourth-order valence-corrected chi connectivity index (χ4v) is 4.46. The lowest BCUT2D eigenvalue weighted by molar-refractivity contribution is 0.580. The number of sulfonamides is 1. The van der Waals surface area contributed by atoms with Gasteiger partial charge in [0.1, 0.15) is 10.8 Å². The standard InChI is InChI=1S/C13H12Cl2N4O4S2/c1-24(20,21)7-19-6-8(4-17-19)25(22,23)18-11-3-2-9(14)12-10(15)5-16-13(11)12/h2-6,16,18H,7H2,1H3. The van der Waals surface area contributed by atoms with Crippen molar-refractivity contribution in [3.8, 4) is 0 Å². The van der Waals surface area contributed by atoms with Crippen molar-refractivity contribution in [2.24, 2.45) is 0 Å². The Morgan fingerprint density at radius 2 is 1.92 bits per heavy atom. The number of rotatable bonds is 5. The summed E-state index contributed by atoms with van der Waals surface area (Å²) in [5.74, 6) is -0.417. The van der Waals surface area contributed by atoms with E-state index in [0.717, 1.165) is 23.3 Å². The third-order valence-corrected chi connectivity index (χ3v) is 5.93. The minimum atomic E-state index is -3.98. The molecule has 0 amide bonds. The van der Waals surface area contributed by atoms with E-state index in [2.05, 4.69) is 14.8 Å². The molecule has 3 aromatic rings. The van der Waals surface area contributed by atoms with Gasteiger partial charge in [-0.05, 0) is 12.1 Å². The van der Waals surface area contributed by atoms with Gasteiger partial charge in [-0.25, -0.2) is 16.8 Å². The minimum absolute atomic E-state index is 0.170. The summed E-state index contributed by atoms with van der Waals surface area (Å²) in [5.41, 5.74) is 0.687. The maximum atomic E-state index is 12.5. The number of halogens is 2. The van der Waals surface area contributed by atoms with Gasteiger partial charge in [0.2, 0.25) is 0 Å². The molecule has 1 aromatic carbocycles. The molecule has 12 heteroatoms. The molecule has 25 heavy (non-hydrogen) atoms. The number of aromatic amines is 1. The highest BCUT2D eigenvalue weighted by Crippen LogP contribution is 2.35. The molecular weight excluding hydrogens is 411 g/mol. The highest BCUT2D eigenvalue weighted by atomic mass is 35.5. The van der Waals surface area contributed by atoms with Gasteiger partial charge in [0.15, 0.2) is 9.84 Å². The summed E-state index contributed by atoms with van der Waals surface area (Å²) in [6, 6.07) is 3.02. The quantitative estimate of drug-likeness (QED) is 0.655. The molecule has 2 N–H and O–H groups in total. The molecule has 2 heterocycles. The molecular formula is C13H12Cl2N4O4S2. The van der Waals surface area contributed by atoms with Crippen molar-refractivity contribution in [3.63, 3.8) is 0 Å². The largest absolute Gasteiger partial charge is 0.358 e. The minimum Gasteiger partial charge on any atom is -0.358 e. The van der Waals surface area contributed by atoms with E-state index in [-0.39, 0.29) is 10.6 Å². The van der Waals surface area contributed by atoms with Crippen molar-refractivity contribution in [1.29, 1.82) is 0 Å². The lowest BCUT2D eigenvalue weighted by Gasteiger charge is -2.08. The number of nitrogens with zero attached hydrogens (tertiary/aromatic N) is 2. The zero-order chi connectivity index (χ0) is 18.4. The number of H-pyrrole nitrogens is 1. The molecule has 8 nitrogen and oxygen atoms in total. The maximum Gasteiger partial charge on any atom is 0.265 e. The zero-order valence-electron chi connectivity index (χ0n) is 12.7. The summed E-state index contributed by atoms with van der Waals surface area (Å²) >= 11 is 12.1. The Labute approximate surface area is 153 Å². The van der Waals surface area contributed by atoms with Crippen LogP contribution in [0.25, 0.3) is 10.9 Å². The molecule has 134 valence electrons. The maximum absolute atomic E-state index is 12.5. The van der Waals surface area contributed by atoms with Crippen LogP contribution in [0.1, 0.15) is 0 Å². The van der Waals surface area contributed by atoms with E-state index in [4.69, 9.17) is 23.2 Å². The van der Waals surface area contributed by atoms with Crippen LogP contribution in [0.5, 0.6) is 0 Å². The van der Waals surface area contributed by atoms with E-state index in [9.17, 15) is 16.8 Å². The van der Waals surface area contributed by atoms with Crippen LogP contribution in [0.4, 0.5) is 5.69 Å². The molecule has 0 saturated carbocycles. The summed E-state index contributed by atoms with van der Waals surface area (Å²) in [6.07, 6.45) is 4.74. The smallest absolute Gasteiger partial charge is 0.265 e. The van der Waals surface area contributed by atoms with Crippen molar-refractivity contribution in [2.45, 2.75) is 10.8 Å². The first-order valence-corrected chi connectivity index (χ1v) is 11.0. The highest BCUT2D eigenvalue weighted by Gasteiger charge is 2.20. The van der Waals surface area contributed by atoms with Gasteiger partial charge >= 0.3 is 0 Å². The van der Waals surface area contributed by atoms with Gasteiger partial charge in [0.05, 0.1) is 27.4 Å². The number of benzene rings is 1. The molecule has 0 atom stereocenters. The van der Waals surface area contributed by atoms with Crippen LogP contribution < -0.4 is 4.72 Å². The zero-order valence-corrected chi connectivity index (χ0v) is 15.8. The van der Waals surface area contributed by atoms with E-state index in [1.807, 2.05) is 0 Å². The first-order valence-electron chi connectivity index (χ1n) is 6.75. The lowest BCUT2D eigenvalue weighted by atomic mass is 10.2. The fourth-order valence-electron chi connectivity index (χ4n) is 2.25. The summed E-state index contributed by atoms with van der Waals surface area (Å²) in [5, 5.41) is 5.00. The number of sulfone groups is 1. The lowest BCUT2D eigenvalue weighted by Crippen LogP contribution is -2.13. The normalized spacial score (nSPS) is 12.6. The van der Waals surface area contributed by atoms with Crippen LogP contribution in [-0.2, 0) is 25.7 Å². The average Bonchev–Trinajstić information content (AvgIpc) is 3.08. The monoisotopic (exact) mass is 422 g/mol. The van der Waals surface area contributed by atoms with Crippen molar-refractivity contribution in [2.75, 3.05) is 11.0 Å². The predicted octanol–water partition coefficient (Wildman–Crippen LogP) is 2.47. The van der Waals surface area contributed by atoms with Crippen LogP contribution in [0.15, 0.2) is 35.6 Å². The van der Waals surface area contributed by atoms with E-state index in [1.54, 1.807) is 0 Å².